The molecule has 3 amide bonds. The second kappa shape index (κ2) is 12.3. The molecule has 3 rings (SSSR count). The largest absolute Gasteiger partial charge is 0.405 e. The third-order valence-electron chi connectivity index (χ3n) is 6.80. The van der Waals surface area contributed by atoms with Gasteiger partial charge in [-0.3, -0.25) is 19.1 Å². The SMILES string of the molecule is CC(C(=O)NCC(F)(F)F)c1ccc(NC(=O)C(NC(=O)c2ccnn2C(C)C)C2CCC(F)(F)CC2)c(F)c1. The van der Waals surface area contributed by atoms with Crippen molar-refractivity contribution in [2.45, 2.75) is 76.6 Å². The minimum Gasteiger partial charge on any atom is -0.346 e. The monoisotopic (exact) mass is 575 g/mol. The molecule has 1 aromatic heterocycles. The molecule has 0 saturated heterocycles. The maximum atomic E-state index is 14.9. The average molecular weight is 576 g/mol. The number of nitrogens with one attached hydrogen (secondary N) is 3. The number of alkyl halides is 5. The Morgan fingerprint density at radius 1 is 1.07 bits per heavy atom. The molecular formula is C26H31F6N5O3. The first kappa shape index (κ1) is 31.0. The van der Waals surface area contributed by atoms with Crippen LogP contribution in [-0.2, 0) is 9.59 Å². The number of carbonyl (C=O) groups excluding carboxylic acids is 3. The smallest absolute Gasteiger partial charge is 0.346 e. The van der Waals surface area contributed by atoms with Crippen LogP contribution in [0.25, 0.3) is 0 Å². The van der Waals surface area contributed by atoms with Gasteiger partial charge in [-0.25, -0.2) is 13.2 Å². The Balaban J connectivity index is 1.78. The normalized spacial score (nSPS) is 17.2. The predicted octanol–water partition coefficient (Wildman–Crippen LogP) is 4.95. The van der Waals surface area contributed by atoms with Gasteiger partial charge in [0, 0.05) is 25.1 Å². The second-order valence-electron chi connectivity index (χ2n) is 10.2. The van der Waals surface area contributed by atoms with Crippen LogP contribution in [0.3, 0.4) is 0 Å². The van der Waals surface area contributed by atoms with Crippen LogP contribution in [0, 0.1) is 11.7 Å². The first-order chi connectivity index (χ1) is 18.6. The zero-order chi connectivity index (χ0) is 29.8. The van der Waals surface area contributed by atoms with Crippen molar-refractivity contribution >= 4 is 23.4 Å². The summed E-state index contributed by atoms with van der Waals surface area (Å²) >= 11 is 0. The van der Waals surface area contributed by atoms with Gasteiger partial charge in [0.1, 0.15) is 24.1 Å². The van der Waals surface area contributed by atoms with Crippen LogP contribution < -0.4 is 16.0 Å². The number of anilines is 1. The van der Waals surface area contributed by atoms with E-state index in [1.165, 1.54) is 29.9 Å². The fourth-order valence-corrected chi connectivity index (χ4v) is 4.52. The molecule has 1 aliphatic carbocycles. The van der Waals surface area contributed by atoms with Gasteiger partial charge < -0.3 is 16.0 Å². The summed E-state index contributed by atoms with van der Waals surface area (Å²) in [7, 11) is 0. The molecule has 14 heteroatoms. The van der Waals surface area contributed by atoms with Gasteiger partial charge in [-0.2, -0.15) is 18.3 Å². The minimum absolute atomic E-state index is 0.0548. The molecule has 220 valence electrons. The standard InChI is InChI=1S/C26H31F6N5O3/c1-14(2)37-20(8-11-34-37)23(39)36-21(16-6-9-25(28,29)10-7-16)24(40)35-19-5-4-17(12-18(19)27)15(3)22(38)33-13-26(30,31)32/h4-5,8,11-12,14-16,21H,6-7,9-10,13H2,1-3H3,(H,33,38)(H,35,40)(H,36,39). The van der Waals surface area contributed by atoms with Crippen LogP contribution in [0.2, 0.25) is 0 Å². The van der Waals surface area contributed by atoms with Gasteiger partial charge in [-0.05, 0) is 63.3 Å². The molecule has 0 spiro atoms. The van der Waals surface area contributed by atoms with Crippen LogP contribution in [0.5, 0.6) is 0 Å². The molecular weight excluding hydrogens is 544 g/mol. The van der Waals surface area contributed by atoms with Crippen molar-refractivity contribution in [3.63, 3.8) is 0 Å². The van der Waals surface area contributed by atoms with Gasteiger partial charge in [0.05, 0.1) is 11.6 Å². The number of hydrogen-bond donors (Lipinski definition) is 3. The van der Waals surface area contributed by atoms with E-state index < -0.39 is 72.9 Å². The summed E-state index contributed by atoms with van der Waals surface area (Å²) in [5.41, 5.74) is -0.0944. The lowest BCUT2D eigenvalue weighted by Gasteiger charge is -2.33. The molecule has 2 unspecified atom stereocenters. The van der Waals surface area contributed by atoms with E-state index in [4.69, 9.17) is 0 Å². The Bertz CT molecular complexity index is 1220. The topological polar surface area (TPSA) is 105 Å². The van der Waals surface area contributed by atoms with Crippen LogP contribution in [0.1, 0.15) is 74.5 Å². The average Bonchev–Trinajstić information content (AvgIpc) is 3.37. The minimum atomic E-state index is -4.61. The Labute approximate surface area is 226 Å². The summed E-state index contributed by atoms with van der Waals surface area (Å²) in [6.45, 7) is 3.35. The quantitative estimate of drug-likeness (QED) is 0.368. The Morgan fingerprint density at radius 2 is 1.73 bits per heavy atom. The van der Waals surface area contributed by atoms with Crippen molar-refractivity contribution in [2.75, 3.05) is 11.9 Å². The molecule has 0 radical (unpaired) electrons. The van der Waals surface area contributed by atoms with Crippen molar-refractivity contribution in [1.29, 1.82) is 0 Å². The van der Waals surface area contributed by atoms with Gasteiger partial charge in [0.15, 0.2) is 0 Å². The Morgan fingerprint density at radius 3 is 2.30 bits per heavy atom. The van der Waals surface area contributed by atoms with Crippen molar-refractivity contribution in [2.24, 2.45) is 5.92 Å². The first-order valence-electron chi connectivity index (χ1n) is 12.7. The van der Waals surface area contributed by atoms with Crippen molar-refractivity contribution < 1.29 is 40.7 Å². The summed E-state index contributed by atoms with van der Waals surface area (Å²) in [6, 6.07) is 3.31. The maximum Gasteiger partial charge on any atom is 0.405 e. The fourth-order valence-electron chi connectivity index (χ4n) is 4.52. The lowest BCUT2D eigenvalue weighted by molar-refractivity contribution is -0.139. The highest BCUT2D eigenvalue weighted by Crippen LogP contribution is 2.38. The van der Waals surface area contributed by atoms with E-state index in [-0.39, 0.29) is 35.8 Å². The molecule has 2 atom stereocenters. The van der Waals surface area contributed by atoms with Gasteiger partial charge in [0.25, 0.3) is 5.91 Å². The van der Waals surface area contributed by atoms with E-state index in [1.54, 1.807) is 19.2 Å². The number of benzene rings is 1. The van der Waals surface area contributed by atoms with E-state index in [0.717, 1.165) is 12.1 Å². The number of carbonyl (C=O) groups is 3. The third kappa shape index (κ3) is 7.98. The number of nitrogens with zero attached hydrogens (tertiary/aromatic N) is 2. The van der Waals surface area contributed by atoms with Crippen LogP contribution in [0.4, 0.5) is 32.0 Å². The first-order valence-corrected chi connectivity index (χ1v) is 12.7. The van der Waals surface area contributed by atoms with E-state index in [2.05, 4.69) is 15.7 Å². The van der Waals surface area contributed by atoms with Crippen LogP contribution >= 0.6 is 0 Å². The lowest BCUT2D eigenvalue weighted by atomic mass is 9.81. The Kier molecular flexibility index (Phi) is 9.52. The molecule has 1 saturated carbocycles. The van der Waals surface area contributed by atoms with Crippen molar-refractivity contribution in [1.82, 2.24) is 20.4 Å². The summed E-state index contributed by atoms with van der Waals surface area (Å²) in [4.78, 5) is 38.4. The highest BCUT2D eigenvalue weighted by molar-refractivity contribution is 6.00. The van der Waals surface area contributed by atoms with Crippen molar-refractivity contribution in [3.05, 3.63) is 47.5 Å². The highest BCUT2D eigenvalue weighted by Gasteiger charge is 2.41. The molecule has 3 N–H and O–H groups in total. The predicted molar refractivity (Wildman–Crippen MR) is 133 cm³/mol. The van der Waals surface area contributed by atoms with E-state index in [0.29, 0.717) is 0 Å². The molecule has 0 bridgehead atoms. The number of halogens is 6. The zero-order valence-electron chi connectivity index (χ0n) is 22.1. The molecule has 8 nitrogen and oxygen atoms in total. The molecule has 40 heavy (non-hydrogen) atoms. The van der Waals surface area contributed by atoms with Crippen LogP contribution in [0.15, 0.2) is 30.5 Å². The van der Waals surface area contributed by atoms with E-state index in [1.807, 2.05) is 0 Å². The number of rotatable bonds is 9. The molecule has 1 aromatic carbocycles. The van der Waals surface area contributed by atoms with Gasteiger partial charge in [0.2, 0.25) is 17.7 Å². The summed E-state index contributed by atoms with van der Waals surface area (Å²) in [5, 5.41) is 10.8. The lowest BCUT2D eigenvalue weighted by Crippen LogP contribution is -2.50. The summed E-state index contributed by atoms with van der Waals surface area (Å²) in [5.74, 6) is -8.09. The second-order valence-corrected chi connectivity index (χ2v) is 10.2. The summed E-state index contributed by atoms with van der Waals surface area (Å²) in [6.07, 6.45) is -4.26. The highest BCUT2D eigenvalue weighted by atomic mass is 19.4. The van der Waals surface area contributed by atoms with Gasteiger partial charge in [-0.15, -0.1) is 0 Å². The third-order valence-corrected chi connectivity index (χ3v) is 6.80. The van der Waals surface area contributed by atoms with E-state index >= 15 is 0 Å². The van der Waals surface area contributed by atoms with E-state index in [9.17, 15) is 40.7 Å². The number of aromatic nitrogens is 2. The molecule has 0 aliphatic heterocycles. The molecule has 2 aromatic rings. The molecule has 1 heterocycles. The van der Waals surface area contributed by atoms with Crippen LogP contribution in [-0.4, -0.2) is 52.2 Å². The number of hydrogen-bond acceptors (Lipinski definition) is 4. The number of amides is 3. The maximum absolute atomic E-state index is 14.9. The van der Waals surface area contributed by atoms with Crippen molar-refractivity contribution in [3.8, 4) is 0 Å². The summed E-state index contributed by atoms with van der Waals surface area (Å²) < 4.78 is 81.1. The molecule has 1 fully saturated rings. The Hall–Kier alpha value is -3.58. The van der Waals surface area contributed by atoms with Gasteiger partial charge >= 0.3 is 6.18 Å². The fraction of sp³-hybridized carbons (Fsp3) is 0.538. The molecule has 1 aliphatic rings. The van der Waals surface area contributed by atoms with Gasteiger partial charge in [-0.1, -0.05) is 6.07 Å². The zero-order valence-corrected chi connectivity index (χ0v) is 22.1.